The van der Waals surface area contributed by atoms with Gasteiger partial charge in [-0.2, -0.15) is 0 Å². The maximum Gasteiger partial charge on any atom is 0.255 e. The zero-order chi connectivity index (χ0) is 20.8. The van der Waals surface area contributed by atoms with Crippen LogP contribution in [0.3, 0.4) is 0 Å². The summed E-state index contributed by atoms with van der Waals surface area (Å²) in [5.74, 6) is -0.886. The van der Waals surface area contributed by atoms with Crippen LogP contribution in [-0.2, 0) is 14.4 Å². The molecule has 27 heavy (non-hydrogen) atoms. The lowest BCUT2D eigenvalue weighted by Crippen LogP contribution is -2.47. The molecule has 0 aliphatic heterocycles. The van der Waals surface area contributed by atoms with Gasteiger partial charge in [0.2, 0.25) is 5.91 Å². The first-order valence-electron chi connectivity index (χ1n) is 8.58. The highest BCUT2D eigenvalue weighted by Crippen LogP contribution is 2.23. The zero-order valence-electron chi connectivity index (χ0n) is 16.1. The van der Waals surface area contributed by atoms with Crippen LogP contribution < -0.4 is 10.1 Å². The van der Waals surface area contributed by atoms with Gasteiger partial charge in [-0.1, -0.05) is 19.9 Å². The number of carbonyl (C=O) groups excluding carboxylic acids is 5. The number of hydrogen-bond donors (Lipinski definition) is 1. The van der Waals surface area contributed by atoms with Crippen LogP contribution in [0, 0.1) is 0 Å². The summed E-state index contributed by atoms with van der Waals surface area (Å²) in [6.07, 6.45) is 1.92. The predicted octanol–water partition coefficient (Wildman–Crippen LogP) is 1.27. The van der Waals surface area contributed by atoms with E-state index in [-0.39, 0.29) is 36.3 Å². The number of aldehydes is 3. The van der Waals surface area contributed by atoms with Gasteiger partial charge in [-0.15, -0.1) is 0 Å². The van der Waals surface area contributed by atoms with Crippen molar-refractivity contribution in [1.29, 1.82) is 0 Å². The summed E-state index contributed by atoms with van der Waals surface area (Å²) in [5.41, 5.74) is 0.0353. The molecule has 0 bridgehead atoms. The van der Waals surface area contributed by atoms with E-state index in [1.54, 1.807) is 0 Å². The van der Waals surface area contributed by atoms with Crippen LogP contribution >= 0.6 is 0 Å². The zero-order valence-corrected chi connectivity index (χ0v) is 16.1. The molecular weight excluding hydrogens is 352 g/mol. The Morgan fingerprint density at radius 3 is 2.37 bits per heavy atom. The molecule has 1 aromatic rings. The minimum atomic E-state index is -0.859. The third kappa shape index (κ3) is 6.65. The van der Waals surface area contributed by atoms with Crippen LogP contribution in [0.25, 0.3) is 0 Å². The van der Waals surface area contributed by atoms with E-state index in [4.69, 9.17) is 4.74 Å². The molecule has 0 heterocycles. The second-order valence-electron chi connectivity index (χ2n) is 5.10. The van der Waals surface area contributed by atoms with Crippen LogP contribution in [0.2, 0.25) is 0 Å². The van der Waals surface area contributed by atoms with Gasteiger partial charge in [-0.05, 0) is 18.6 Å². The molecule has 0 aliphatic carbocycles. The number of benzene rings is 1. The first-order chi connectivity index (χ1) is 13.0. The monoisotopic (exact) mass is 378 g/mol. The molecule has 1 N–H and O–H groups in total. The fraction of sp³-hybridized carbons (Fsp3) is 0.421. The quantitative estimate of drug-likeness (QED) is 0.614. The smallest absolute Gasteiger partial charge is 0.255 e. The van der Waals surface area contributed by atoms with Gasteiger partial charge in [0, 0.05) is 20.5 Å². The second kappa shape index (κ2) is 13.2. The van der Waals surface area contributed by atoms with E-state index in [0.717, 1.165) is 0 Å². The van der Waals surface area contributed by atoms with E-state index in [0.29, 0.717) is 18.9 Å². The number of amides is 2. The SMILES string of the molecule is CC.CNC(=O)C(CCC=O)N(C)C(=O)c1cccc(OCC=O)c1C=O. The van der Waals surface area contributed by atoms with Crippen molar-refractivity contribution in [3.63, 3.8) is 0 Å². The Bertz CT molecular complexity index is 660. The average Bonchev–Trinajstić information content (AvgIpc) is 2.72. The first kappa shape index (κ1) is 24.0. The number of rotatable bonds is 10. The van der Waals surface area contributed by atoms with Gasteiger partial charge < -0.3 is 19.7 Å². The Kier molecular flexibility index (Phi) is 11.7. The molecule has 1 aromatic carbocycles. The van der Waals surface area contributed by atoms with Crippen molar-refractivity contribution < 1.29 is 28.7 Å². The summed E-state index contributed by atoms with van der Waals surface area (Å²) in [5, 5.41) is 2.45. The Morgan fingerprint density at radius 2 is 1.85 bits per heavy atom. The Hall–Kier alpha value is -3.03. The van der Waals surface area contributed by atoms with E-state index in [1.165, 1.54) is 37.2 Å². The van der Waals surface area contributed by atoms with E-state index >= 15 is 0 Å². The van der Waals surface area contributed by atoms with Crippen molar-refractivity contribution in [2.24, 2.45) is 0 Å². The molecule has 148 valence electrons. The summed E-state index contributed by atoms with van der Waals surface area (Å²) in [6.45, 7) is 3.74. The number of carbonyl (C=O) groups is 5. The second-order valence-corrected chi connectivity index (χ2v) is 5.10. The molecule has 0 saturated heterocycles. The van der Waals surface area contributed by atoms with Crippen molar-refractivity contribution in [3.05, 3.63) is 29.3 Å². The Balaban J connectivity index is 0.00000326. The summed E-state index contributed by atoms with van der Waals surface area (Å²) < 4.78 is 5.15. The maximum absolute atomic E-state index is 12.7. The predicted molar refractivity (Wildman–Crippen MR) is 100.0 cm³/mol. The fourth-order valence-electron chi connectivity index (χ4n) is 2.33. The van der Waals surface area contributed by atoms with Crippen molar-refractivity contribution in [3.8, 4) is 5.75 Å². The fourth-order valence-corrected chi connectivity index (χ4v) is 2.33. The minimum Gasteiger partial charge on any atom is -0.485 e. The number of nitrogens with zero attached hydrogens (tertiary/aromatic N) is 1. The summed E-state index contributed by atoms with van der Waals surface area (Å²) in [7, 11) is 2.85. The number of nitrogens with one attached hydrogen (secondary N) is 1. The standard InChI is InChI=1S/C17H20N2O6.C2H6/c1-18-16(23)14(6-4-8-20)19(2)17(24)12-5-3-7-15(13(12)11-22)25-10-9-21;1-2/h3,5,7-9,11,14H,4,6,10H2,1-2H3,(H,18,23);1-2H3. The van der Waals surface area contributed by atoms with Gasteiger partial charge in [0.1, 0.15) is 24.7 Å². The van der Waals surface area contributed by atoms with Gasteiger partial charge in [0.05, 0.1) is 11.1 Å². The van der Waals surface area contributed by atoms with Crippen molar-refractivity contribution in [2.75, 3.05) is 20.7 Å². The lowest BCUT2D eigenvalue weighted by Gasteiger charge is -2.27. The summed E-state index contributed by atoms with van der Waals surface area (Å²) >= 11 is 0. The van der Waals surface area contributed by atoms with Gasteiger partial charge in [-0.25, -0.2) is 0 Å². The first-order valence-corrected chi connectivity index (χ1v) is 8.58. The van der Waals surface area contributed by atoms with Crippen LogP contribution in [0.4, 0.5) is 0 Å². The lowest BCUT2D eigenvalue weighted by molar-refractivity contribution is -0.125. The molecule has 0 spiro atoms. The number of hydrogen-bond acceptors (Lipinski definition) is 6. The van der Waals surface area contributed by atoms with E-state index in [1.807, 2.05) is 13.8 Å². The van der Waals surface area contributed by atoms with Gasteiger partial charge >= 0.3 is 0 Å². The highest BCUT2D eigenvalue weighted by molar-refractivity contribution is 6.04. The van der Waals surface area contributed by atoms with E-state index < -0.39 is 17.9 Å². The molecule has 1 unspecified atom stereocenters. The molecule has 0 aromatic heterocycles. The van der Waals surface area contributed by atoms with Crippen molar-refractivity contribution >= 4 is 30.7 Å². The van der Waals surface area contributed by atoms with Crippen molar-refractivity contribution in [2.45, 2.75) is 32.7 Å². The average molecular weight is 378 g/mol. The van der Waals surface area contributed by atoms with Crippen LogP contribution in [0.5, 0.6) is 5.75 Å². The van der Waals surface area contributed by atoms with E-state index in [2.05, 4.69) is 5.32 Å². The van der Waals surface area contributed by atoms with Crippen LogP contribution in [0.1, 0.15) is 47.4 Å². The molecule has 8 nitrogen and oxygen atoms in total. The van der Waals surface area contributed by atoms with Crippen LogP contribution in [-0.4, -0.2) is 62.3 Å². The molecular formula is C19H26N2O6. The van der Waals surface area contributed by atoms with Crippen LogP contribution in [0.15, 0.2) is 18.2 Å². The molecule has 0 radical (unpaired) electrons. The molecule has 0 fully saturated rings. The molecule has 0 aliphatic rings. The third-order valence-electron chi connectivity index (χ3n) is 3.62. The molecule has 2 amide bonds. The highest BCUT2D eigenvalue weighted by Gasteiger charge is 2.28. The molecule has 8 heteroatoms. The molecule has 1 atom stereocenters. The molecule has 1 rings (SSSR count). The highest BCUT2D eigenvalue weighted by atomic mass is 16.5. The Morgan fingerprint density at radius 1 is 1.19 bits per heavy atom. The normalized spacial score (nSPS) is 10.5. The third-order valence-corrected chi connectivity index (χ3v) is 3.62. The number of ether oxygens (including phenoxy) is 1. The maximum atomic E-state index is 12.7. The van der Waals surface area contributed by atoms with Crippen molar-refractivity contribution in [1.82, 2.24) is 10.2 Å². The molecule has 0 saturated carbocycles. The van der Waals surface area contributed by atoms with E-state index in [9.17, 15) is 24.0 Å². The number of likely N-dealkylation sites (N-methyl/N-ethyl adjacent to an activating group) is 2. The largest absolute Gasteiger partial charge is 0.485 e. The summed E-state index contributed by atoms with van der Waals surface area (Å²) in [6, 6.07) is 3.54. The van der Waals surface area contributed by atoms with Gasteiger partial charge in [0.15, 0.2) is 12.6 Å². The van der Waals surface area contributed by atoms with Gasteiger partial charge in [0.25, 0.3) is 5.91 Å². The van der Waals surface area contributed by atoms with Gasteiger partial charge in [-0.3, -0.25) is 19.2 Å². The summed E-state index contributed by atoms with van der Waals surface area (Å²) in [4.78, 5) is 58.4. The lowest BCUT2D eigenvalue weighted by atomic mass is 10.0. The minimum absolute atomic E-state index is 0.00718. The Labute approximate surface area is 158 Å². The topological polar surface area (TPSA) is 110 Å².